The van der Waals surface area contributed by atoms with Crippen LogP contribution in [0.1, 0.15) is 29.5 Å². The number of furan rings is 1. The molecule has 0 spiro atoms. The molecular formula is C15H16ClNO3. The smallest absolute Gasteiger partial charge is 0.255 e. The van der Waals surface area contributed by atoms with Crippen molar-refractivity contribution in [3.05, 3.63) is 52.9 Å². The van der Waals surface area contributed by atoms with Gasteiger partial charge < -0.3 is 14.8 Å². The zero-order chi connectivity index (χ0) is 14.5. The summed E-state index contributed by atoms with van der Waals surface area (Å²) in [6.07, 6.45) is 3.14. The number of halogens is 1. The van der Waals surface area contributed by atoms with E-state index in [0.717, 1.165) is 18.6 Å². The second-order valence-electron chi connectivity index (χ2n) is 4.65. The van der Waals surface area contributed by atoms with E-state index in [4.69, 9.17) is 16.0 Å². The summed E-state index contributed by atoms with van der Waals surface area (Å²) >= 11 is 5.73. The predicted octanol–water partition coefficient (Wildman–Crippen LogP) is 3.39. The van der Waals surface area contributed by atoms with E-state index < -0.39 is 0 Å². The molecule has 2 rings (SSSR count). The highest BCUT2D eigenvalue weighted by Crippen LogP contribution is 2.21. The fourth-order valence-electron chi connectivity index (χ4n) is 1.88. The van der Waals surface area contributed by atoms with Gasteiger partial charge in [0.1, 0.15) is 11.5 Å². The molecule has 1 aromatic heterocycles. The lowest BCUT2D eigenvalue weighted by atomic mass is 10.1. The lowest BCUT2D eigenvalue weighted by molar-refractivity contribution is 0.0935. The van der Waals surface area contributed by atoms with Crippen LogP contribution in [0.5, 0.6) is 5.75 Å². The van der Waals surface area contributed by atoms with Crippen molar-refractivity contribution in [1.82, 2.24) is 5.32 Å². The Kier molecular flexibility index (Phi) is 4.69. The number of nitrogens with one attached hydrogen (secondary N) is 1. The van der Waals surface area contributed by atoms with Gasteiger partial charge >= 0.3 is 0 Å². The zero-order valence-electron chi connectivity index (χ0n) is 11.1. The average molecular weight is 294 g/mol. The molecule has 0 bridgehead atoms. The Morgan fingerprint density at radius 1 is 1.45 bits per heavy atom. The zero-order valence-corrected chi connectivity index (χ0v) is 11.9. The highest BCUT2D eigenvalue weighted by Gasteiger charge is 2.14. The van der Waals surface area contributed by atoms with Crippen molar-refractivity contribution in [3.8, 4) is 5.75 Å². The maximum absolute atomic E-state index is 12.0. The topological polar surface area (TPSA) is 62.5 Å². The summed E-state index contributed by atoms with van der Waals surface area (Å²) < 4.78 is 5.24. The number of carbonyl (C=O) groups excluding carboxylic acids is 1. The first kappa shape index (κ1) is 14.5. The Morgan fingerprint density at radius 2 is 2.25 bits per heavy atom. The van der Waals surface area contributed by atoms with Crippen molar-refractivity contribution >= 4 is 17.5 Å². The number of hydrogen-bond acceptors (Lipinski definition) is 3. The minimum atomic E-state index is -0.314. The van der Waals surface area contributed by atoms with Crippen molar-refractivity contribution in [2.75, 3.05) is 0 Å². The maximum Gasteiger partial charge on any atom is 0.255 e. The Hall–Kier alpha value is -1.94. The van der Waals surface area contributed by atoms with Crippen LogP contribution in [-0.4, -0.2) is 17.1 Å². The Labute approximate surface area is 122 Å². The maximum atomic E-state index is 12.0. The van der Waals surface area contributed by atoms with Crippen molar-refractivity contribution in [2.24, 2.45) is 0 Å². The van der Waals surface area contributed by atoms with Gasteiger partial charge in [-0.1, -0.05) is 11.6 Å². The van der Waals surface area contributed by atoms with E-state index in [1.165, 1.54) is 12.1 Å². The molecule has 1 heterocycles. The molecule has 2 aromatic rings. The number of carbonyl (C=O) groups is 1. The van der Waals surface area contributed by atoms with Crippen LogP contribution in [-0.2, 0) is 6.42 Å². The number of phenols is 1. The third-order valence-corrected chi connectivity index (χ3v) is 3.22. The summed E-state index contributed by atoms with van der Waals surface area (Å²) in [6.45, 7) is 1.91. The van der Waals surface area contributed by atoms with Gasteiger partial charge in [0.2, 0.25) is 0 Å². The minimum absolute atomic E-state index is 0.0253. The molecule has 1 aromatic carbocycles. The standard InChI is InChI=1S/C15H16ClNO3/c1-10(4-6-12-3-2-8-20-12)17-15(19)13-7-5-11(16)9-14(13)18/h2-3,5,7-10,18H,4,6H2,1H3,(H,17,19). The van der Waals surface area contributed by atoms with Crippen molar-refractivity contribution in [1.29, 1.82) is 0 Å². The Bertz CT molecular complexity index is 581. The summed E-state index contributed by atoms with van der Waals surface area (Å²) in [5.74, 6) is 0.458. The number of aromatic hydroxyl groups is 1. The second kappa shape index (κ2) is 6.48. The first-order valence-electron chi connectivity index (χ1n) is 6.38. The summed E-state index contributed by atoms with van der Waals surface area (Å²) in [6, 6.07) is 8.15. The van der Waals surface area contributed by atoms with Crippen LogP contribution in [0.15, 0.2) is 41.0 Å². The van der Waals surface area contributed by atoms with Crippen LogP contribution in [0.3, 0.4) is 0 Å². The molecule has 1 amide bonds. The monoisotopic (exact) mass is 293 g/mol. The molecule has 0 aliphatic heterocycles. The molecule has 0 aliphatic carbocycles. The average Bonchev–Trinajstić information content (AvgIpc) is 2.89. The predicted molar refractivity (Wildman–Crippen MR) is 77.1 cm³/mol. The van der Waals surface area contributed by atoms with Crippen LogP contribution >= 0.6 is 11.6 Å². The van der Waals surface area contributed by atoms with Gasteiger partial charge in [-0.3, -0.25) is 4.79 Å². The van der Waals surface area contributed by atoms with Crippen molar-refractivity contribution < 1.29 is 14.3 Å². The van der Waals surface area contributed by atoms with Gasteiger partial charge in [-0.05, 0) is 43.7 Å². The van der Waals surface area contributed by atoms with Crippen molar-refractivity contribution in [2.45, 2.75) is 25.8 Å². The fourth-order valence-corrected chi connectivity index (χ4v) is 2.05. The number of aryl methyl sites for hydroxylation is 1. The molecule has 20 heavy (non-hydrogen) atoms. The largest absolute Gasteiger partial charge is 0.507 e. The lowest BCUT2D eigenvalue weighted by Crippen LogP contribution is -2.32. The van der Waals surface area contributed by atoms with Crippen LogP contribution in [0.4, 0.5) is 0 Å². The quantitative estimate of drug-likeness (QED) is 0.888. The summed E-state index contributed by atoms with van der Waals surface area (Å²) in [4.78, 5) is 12.0. The number of rotatable bonds is 5. The van der Waals surface area contributed by atoms with Gasteiger partial charge in [0.15, 0.2) is 0 Å². The second-order valence-corrected chi connectivity index (χ2v) is 5.09. The molecule has 0 saturated heterocycles. The molecule has 1 unspecified atom stereocenters. The van der Waals surface area contributed by atoms with Crippen LogP contribution < -0.4 is 5.32 Å². The van der Waals surface area contributed by atoms with Gasteiger partial charge in [0, 0.05) is 17.5 Å². The van der Waals surface area contributed by atoms with E-state index in [2.05, 4.69) is 5.32 Å². The van der Waals surface area contributed by atoms with Crippen LogP contribution in [0, 0.1) is 0 Å². The SMILES string of the molecule is CC(CCc1ccco1)NC(=O)c1ccc(Cl)cc1O. The van der Waals surface area contributed by atoms with Gasteiger partial charge in [-0.15, -0.1) is 0 Å². The normalized spacial score (nSPS) is 12.1. The number of benzene rings is 1. The molecule has 5 heteroatoms. The highest BCUT2D eigenvalue weighted by molar-refractivity contribution is 6.30. The Morgan fingerprint density at radius 3 is 2.90 bits per heavy atom. The molecule has 0 radical (unpaired) electrons. The van der Waals surface area contributed by atoms with E-state index in [1.54, 1.807) is 12.3 Å². The van der Waals surface area contributed by atoms with Gasteiger partial charge in [0.05, 0.1) is 11.8 Å². The minimum Gasteiger partial charge on any atom is -0.507 e. The van der Waals surface area contributed by atoms with Gasteiger partial charge in [-0.2, -0.15) is 0 Å². The first-order chi connectivity index (χ1) is 9.56. The van der Waals surface area contributed by atoms with E-state index in [9.17, 15) is 9.90 Å². The van der Waals surface area contributed by atoms with E-state index in [0.29, 0.717) is 5.02 Å². The van der Waals surface area contributed by atoms with E-state index >= 15 is 0 Å². The summed E-state index contributed by atoms with van der Waals surface area (Å²) in [7, 11) is 0. The molecule has 0 saturated carbocycles. The lowest BCUT2D eigenvalue weighted by Gasteiger charge is -2.14. The Balaban J connectivity index is 1.90. The molecule has 2 N–H and O–H groups in total. The number of amides is 1. The number of hydrogen-bond donors (Lipinski definition) is 2. The van der Waals surface area contributed by atoms with Crippen molar-refractivity contribution in [3.63, 3.8) is 0 Å². The first-order valence-corrected chi connectivity index (χ1v) is 6.76. The number of phenolic OH excluding ortho intramolecular Hbond substituents is 1. The third-order valence-electron chi connectivity index (χ3n) is 2.99. The third kappa shape index (κ3) is 3.78. The van der Waals surface area contributed by atoms with Crippen LogP contribution in [0.2, 0.25) is 5.02 Å². The van der Waals surface area contributed by atoms with E-state index in [1.807, 2.05) is 19.1 Å². The molecule has 4 nitrogen and oxygen atoms in total. The molecule has 106 valence electrons. The molecule has 0 fully saturated rings. The summed E-state index contributed by atoms with van der Waals surface area (Å²) in [5, 5.41) is 12.9. The highest BCUT2D eigenvalue weighted by atomic mass is 35.5. The summed E-state index contributed by atoms with van der Waals surface area (Å²) in [5.41, 5.74) is 0.222. The molecular weight excluding hydrogens is 278 g/mol. The molecule has 0 aliphatic rings. The molecule has 1 atom stereocenters. The van der Waals surface area contributed by atoms with Crippen LogP contribution in [0.25, 0.3) is 0 Å². The van der Waals surface area contributed by atoms with E-state index in [-0.39, 0.29) is 23.3 Å². The van der Waals surface area contributed by atoms with Gasteiger partial charge in [0.25, 0.3) is 5.91 Å². The van der Waals surface area contributed by atoms with Gasteiger partial charge in [-0.25, -0.2) is 0 Å². The fraction of sp³-hybridized carbons (Fsp3) is 0.267.